The molecule has 1 atom stereocenters. The number of benzene rings is 2. The minimum atomic E-state index is -4.41. The number of nitriles is 1. The van der Waals surface area contributed by atoms with Gasteiger partial charge in [0.05, 0.1) is 16.9 Å². The van der Waals surface area contributed by atoms with Crippen LogP contribution in [-0.2, 0) is 6.18 Å². The van der Waals surface area contributed by atoms with E-state index in [0.29, 0.717) is 5.69 Å². The van der Waals surface area contributed by atoms with Gasteiger partial charge in [0.15, 0.2) is 0 Å². The van der Waals surface area contributed by atoms with E-state index in [9.17, 15) is 13.2 Å². The molecule has 2 aromatic carbocycles. The van der Waals surface area contributed by atoms with Crippen LogP contribution in [0.1, 0.15) is 5.56 Å². The summed E-state index contributed by atoms with van der Waals surface area (Å²) in [5, 5.41) is 23.8. The summed E-state index contributed by atoms with van der Waals surface area (Å²) >= 11 is 0. The first-order valence-corrected chi connectivity index (χ1v) is 6.42. The average molecular weight is 317 g/mol. The van der Waals surface area contributed by atoms with Crippen LogP contribution in [0.4, 0.5) is 24.5 Å². The molecule has 23 heavy (non-hydrogen) atoms. The molecule has 0 saturated heterocycles. The summed E-state index contributed by atoms with van der Waals surface area (Å²) in [6, 6.07) is 14.6. The van der Waals surface area contributed by atoms with Gasteiger partial charge in [0.25, 0.3) is 6.17 Å². The molecule has 0 N–H and O–H groups in total. The van der Waals surface area contributed by atoms with Gasteiger partial charge in [-0.3, -0.25) is 0 Å². The third kappa shape index (κ3) is 5.00. The van der Waals surface area contributed by atoms with Gasteiger partial charge >= 0.3 is 6.18 Å². The highest BCUT2D eigenvalue weighted by Crippen LogP contribution is 2.30. The van der Waals surface area contributed by atoms with Crippen molar-refractivity contribution in [2.75, 3.05) is 0 Å². The lowest BCUT2D eigenvalue weighted by Crippen LogP contribution is -2.03. The second-order valence-corrected chi connectivity index (χ2v) is 4.31. The summed E-state index contributed by atoms with van der Waals surface area (Å²) in [6.07, 6.45) is -5.58. The van der Waals surface area contributed by atoms with Crippen LogP contribution < -0.4 is 0 Å². The first-order chi connectivity index (χ1) is 11.0. The van der Waals surface area contributed by atoms with Gasteiger partial charge in [0, 0.05) is 0 Å². The number of nitrogens with zero attached hydrogens (tertiary/aromatic N) is 5. The molecule has 0 spiro atoms. The standard InChI is InChI=1S/C15H10F3N5/c16-15(17,18)11-6-8-13(9-7-11)21-23-14(10-19)22-20-12-4-2-1-3-5-12/h1-9,14H. The lowest BCUT2D eigenvalue weighted by molar-refractivity contribution is -0.137. The highest BCUT2D eigenvalue weighted by Gasteiger charge is 2.29. The normalized spacial score (nSPS) is 13.3. The van der Waals surface area contributed by atoms with Crippen LogP contribution in [0.5, 0.6) is 0 Å². The Labute approximate surface area is 129 Å². The molecule has 0 heterocycles. The zero-order chi connectivity index (χ0) is 16.7. The fourth-order valence-corrected chi connectivity index (χ4v) is 1.53. The van der Waals surface area contributed by atoms with Crippen LogP contribution in [0, 0.1) is 11.3 Å². The molecule has 5 nitrogen and oxygen atoms in total. The van der Waals surface area contributed by atoms with Gasteiger partial charge in [-0.1, -0.05) is 18.2 Å². The molecule has 2 aromatic rings. The third-order valence-electron chi connectivity index (χ3n) is 2.63. The van der Waals surface area contributed by atoms with E-state index in [0.717, 1.165) is 24.3 Å². The Balaban J connectivity index is 2.05. The van der Waals surface area contributed by atoms with E-state index in [1.54, 1.807) is 30.3 Å². The van der Waals surface area contributed by atoms with E-state index in [4.69, 9.17) is 5.26 Å². The van der Waals surface area contributed by atoms with E-state index in [1.807, 2.05) is 6.07 Å². The Morgan fingerprint density at radius 1 is 0.826 bits per heavy atom. The molecule has 0 saturated carbocycles. The summed E-state index contributed by atoms with van der Waals surface area (Å²) in [4.78, 5) is 0. The molecule has 0 bridgehead atoms. The van der Waals surface area contributed by atoms with Crippen LogP contribution in [0.25, 0.3) is 0 Å². The molecule has 8 heteroatoms. The van der Waals surface area contributed by atoms with Gasteiger partial charge in [-0.05, 0) is 36.4 Å². The number of hydrogen-bond donors (Lipinski definition) is 0. The van der Waals surface area contributed by atoms with Gasteiger partial charge in [0.1, 0.15) is 6.07 Å². The molecule has 0 amide bonds. The maximum Gasteiger partial charge on any atom is 0.416 e. The van der Waals surface area contributed by atoms with Crippen LogP contribution in [0.2, 0.25) is 0 Å². The maximum atomic E-state index is 12.4. The number of halogens is 3. The second-order valence-electron chi connectivity index (χ2n) is 4.31. The Morgan fingerprint density at radius 3 is 1.83 bits per heavy atom. The van der Waals surface area contributed by atoms with Crippen molar-refractivity contribution in [3.8, 4) is 6.07 Å². The quantitative estimate of drug-likeness (QED) is 0.693. The Kier molecular flexibility index (Phi) is 5.15. The van der Waals surface area contributed by atoms with Crippen molar-refractivity contribution in [1.82, 2.24) is 0 Å². The van der Waals surface area contributed by atoms with Crippen molar-refractivity contribution >= 4 is 11.4 Å². The Morgan fingerprint density at radius 2 is 1.35 bits per heavy atom. The molecule has 0 fully saturated rings. The van der Waals surface area contributed by atoms with Gasteiger partial charge in [-0.2, -0.15) is 28.7 Å². The van der Waals surface area contributed by atoms with Crippen LogP contribution in [0.3, 0.4) is 0 Å². The molecule has 1 unspecified atom stereocenters. The van der Waals surface area contributed by atoms with Crippen LogP contribution in [0.15, 0.2) is 75.1 Å². The average Bonchev–Trinajstić information content (AvgIpc) is 2.55. The van der Waals surface area contributed by atoms with E-state index in [1.165, 1.54) is 0 Å². The molecule has 0 radical (unpaired) electrons. The van der Waals surface area contributed by atoms with Gasteiger partial charge in [-0.25, -0.2) is 0 Å². The zero-order valence-corrected chi connectivity index (χ0v) is 11.6. The highest BCUT2D eigenvalue weighted by atomic mass is 19.4. The number of alkyl halides is 3. The van der Waals surface area contributed by atoms with Crippen molar-refractivity contribution < 1.29 is 13.2 Å². The predicted octanol–water partition coefficient (Wildman–Crippen LogP) is 5.42. The summed E-state index contributed by atoms with van der Waals surface area (Å²) in [5.41, 5.74) is -0.0392. The number of azo groups is 2. The minimum absolute atomic E-state index is 0.188. The first-order valence-electron chi connectivity index (χ1n) is 6.42. The van der Waals surface area contributed by atoms with Gasteiger partial charge < -0.3 is 0 Å². The van der Waals surface area contributed by atoms with Crippen molar-refractivity contribution in [2.45, 2.75) is 12.3 Å². The van der Waals surface area contributed by atoms with E-state index in [2.05, 4.69) is 20.5 Å². The topological polar surface area (TPSA) is 73.2 Å². The SMILES string of the molecule is N#CC(N=Nc1ccccc1)N=Nc1ccc(C(F)(F)F)cc1. The van der Waals surface area contributed by atoms with Crippen molar-refractivity contribution in [3.63, 3.8) is 0 Å². The molecular formula is C15H10F3N5. The van der Waals surface area contributed by atoms with Crippen molar-refractivity contribution in [3.05, 3.63) is 60.2 Å². The van der Waals surface area contributed by atoms with Crippen LogP contribution >= 0.6 is 0 Å². The molecule has 2 rings (SSSR count). The van der Waals surface area contributed by atoms with E-state index >= 15 is 0 Å². The van der Waals surface area contributed by atoms with E-state index < -0.39 is 17.9 Å². The maximum absolute atomic E-state index is 12.4. The summed E-state index contributed by atoms with van der Waals surface area (Å²) < 4.78 is 37.3. The van der Waals surface area contributed by atoms with Gasteiger partial charge in [0.2, 0.25) is 0 Å². The summed E-state index contributed by atoms with van der Waals surface area (Å²) in [6.45, 7) is 0. The van der Waals surface area contributed by atoms with Crippen LogP contribution in [-0.4, -0.2) is 6.17 Å². The number of rotatable bonds is 4. The minimum Gasteiger partial charge on any atom is -0.194 e. The lowest BCUT2D eigenvalue weighted by atomic mass is 10.2. The monoisotopic (exact) mass is 317 g/mol. The Bertz CT molecular complexity index is 730. The smallest absolute Gasteiger partial charge is 0.194 e. The van der Waals surface area contributed by atoms with Gasteiger partial charge in [-0.15, -0.1) is 10.2 Å². The lowest BCUT2D eigenvalue weighted by Gasteiger charge is -2.05. The first kappa shape index (κ1) is 16.3. The summed E-state index contributed by atoms with van der Waals surface area (Å²) in [5.74, 6) is 0. The predicted molar refractivity (Wildman–Crippen MR) is 76.3 cm³/mol. The highest BCUT2D eigenvalue weighted by molar-refractivity contribution is 5.39. The second kappa shape index (κ2) is 7.26. The third-order valence-corrected chi connectivity index (χ3v) is 2.63. The number of hydrogen-bond acceptors (Lipinski definition) is 5. The summed E-state index contributed by atoms with van der Waals surface area (Å²) in [7, 11) is 0. The Hall–Kier alpha value is -3.08. The van der Waals surface area contributed by atoms with E-state index in [-0.39, 0.29) is 5.69 Å². The fraction of sp³-hybridized carbons (Fsp3) is 0.133. The largest absolute Gasteiger partial charge is 0.416 e. The molecule has 0 aliphatic carbocycles. The van der Waals surface area contributed by atoms with Crippen molar-refractivity contribution in [1.29, 1.82) is 5.26 Å². The molecule has 0 aliphatic heterocycles. The molecular weight excluding hydrogens is 307 g/mol. The molecule has 0 aliphatic rings. The molecule has 116 valence electrons. The fourth-order valence-electron chi connectivity index (χ4n) is 1.53. The van der Waals surface area contributed by atoms with Crippen molar-refractivity contribution in [2.24, 2.45) is 20.5 Å². The zero-order valence-electron chi connectivity index (χ0n) is 11.6. The molecule has 0 aromatic heterocycles.